The zero-order valence-electron chi connectivity index (χ0n) is 15.4. The lowest BCUT2D eigenvalue weighted by Gasteiger charge is -2.19. The fourth-order valence-corrected chi connectivity index (χ4v) is 2.82. The fourth-order valence-electron chi connectivity index (χ4n) is 2.82. The van der Waals surface area contributed by atoms with Gasteiger partial charge in [0, 0.05) is 12.1 Å². The van der Waals surface area contributed by atoms with Crippen LogP contribution < -0.4 is 15.4 Å². The molecule has 2 aromatic carbocycles. The van der Waals surface area contributed by atoms with Crippen molar-refractivity contribution in [2.75, 3.05) is 17.2 Å². The monoisotopic (exact) mass is 352 g/mol. The van der Waals surface area contributed by atoms with E-state index < -0.39 is 0 Å². The maximum atomic E-state index is 12.2. The maximum absolute atomic E-state index is 12.2. The SMILES string of the molecule is CC(C)(C)c1ccc(NC(=O)CCc2ccc3c(c2)NC(=O)CO3)cc1. The molecule has 0 aromatic heterocycles. The molecule has 0 saturated heterocycles. The first-order valence-electron chi connectivity index (χ1n) is 8.77. The molecule has 1 aliphatic heterocycles. The third-order valence-electron chi connectivity index (χ3n) is 4.35. The lowest BCUT2D eigenvalue weighted by atomic mass is 9.87. The predicted octanol–water partition coefficient (Wildman–Crippen LogP) is 3.89. The van der Waals surface area contributed by atoms with Gasteiger partial charge in [0.15, 0.2) is 6.61 Å². The fraction of sp³-hybridized carbons (Fsp3) is 0.333. The average molecular weight is 352 g/mol. The van der Waals surface area contributed by atoms with E-state index in [0.29, 0.717) is 24.3 Å². The van der Waals surface area contributed by atoms with Crippen molar-refractivity contribution in [3.8, 4) is 5.75 Å². The van der Waals surface area contributed by atoms with Gasteiger partial charge in [0.05, 0.1) is 5.69 Å². The van der Waals surface area contributed by atoms with E-state index in [1.54, 1.807) is 0 Å². The number of carbonyl (C=O) groups excluding carboxylic acids is 2. The van der Waals surface area contributed by atoms with Crippen molar-refractivity contribution in [1.29, 1.82) is 0 Å². The molecule has 0 aliphatic carbocycles. The number of aryl methyl sites for hydroxylation is 1. The summed E-state index contributed by atoms with van der Waals surface area (Å²) in [5.41, 5.74) is 3.77. The Labute approximate surface area is 153 Å². The topological polar surface area (TPSA) is 67.4 Å². The summed E-state index contributed by atoms with van der Waals surface area (Å²) in [7, 11) is 0. The van der Waals surface area contributed by atoms with Crippen molar-refractivity contribution < 1.29 is 14.3 Å². The van der Waals surface area contributed by atoms with Crippen LogP contribution >= 0.6 is 0 Å². The Morgan fingerprint density at radius 1 is 1.15 bits per heavy atom. The molecule has 1 aliphatic rings. The molecule has 26 heavy (non-hydrogen) atoms. The Morgan fingerprint density at radius 3 is 2.58 bits per heavy atom. The van der Waals surface area contributed by atoms with Gasteiger partial charge in [-0.2, -0.15) is 0 Å². The molecule has 0 spiro atoms. The number of rotatable bonds is 4. The smallest absolute Gasteiger partial charge is 0.262 e. The van der Waals surface area contributed by atoms with E-state index >= 15 is 0 Å². The Balaban J connectivity index is 1.56. The Hall–Kier alpha value is -2.82. The maximum Gasteiger partial charge on any atom is 0.262 e. The molecule has 5 heteroatoms. The van der Waals surface area contributed by atoms with E-state index in [-0.39, 0.29) is 23.8 Å². The van der Waals surface area contributed by atoms with Gasteiger partial charge in [0.2, 0.25) is 5.91 Å². The molecule has 5 nitrogen and oxygen atoms in total. The molecular weight excluding hydrogens is 328 g/mol. The normalized spacial score (nSPS) is 13.4. The molecule has 0 bridgehead atoms. The van der Waals surface area contributed by atoms with E-state index in [4.69, 9.17) is 4.74 Å². The number of amides is 2. The van der Waals surface area contributed by atoms with Crippen molar-refractivity contribution in [3.63, 3.8) is 0 Å². The predicted molar refractivity (Wildman–Crippen MR) is 103 cm³/mol. The van der Waals surface area contributed by atoms with Crippen LogP contribution in [0.25, 0.3) is 0 Å². The van der Waals surface area contributed by atoms with Crippen molar-refractivity contribution >= 4 is 23.2 Å². The second-order valence-corrected chi connectivity index (χ2v) is 7.54. The van der Waals surface area contributed by atoms with Crippen molar-refractivity contribution in [2.45, 2.75) is 39.0 Å². The van der Waals surface area contributed by atoms with E-state index in [2.05, 4.69) is 31.4 Å². The average Bonchev–Trinajstić information content (AvgIpc) is 2.59. The van der Waals surface area contributed by atoms with Crippen LogP contribution in [0.3, 0.4) is 0 Å². The number of fused-ring (bicyclic) bond motifs is 1. The van der Waals surface area contributed by atoms with Gasteiger partial charge in [-0.05, 0) is 47.2 Å². The first-order chi connectivity index (χ1) is 12.3. The van der Waals surface area contributed by atoms with Crippen LogP contribution in [0.5, 0.6) is 5.75 Å². The highest BCUT2D eigenvalue weighted by Crippen LogP contribution is 2.29. The summed E-state index contributed by atoms with van der Waals surface area (Å²) < 4.78 is 5.34. The molecule has 0 saturated carbocycles. The van der Waals surface area contributed by atoms with Crippen LogP contribution in [0.2, 0.25) is 0 Å². The van der Waals surface area contributed by atoms with E-state index in [1.807, 2.05) is 42.5 Å². The summed E-state index contributed by atoms with van der Waals surface area (Å²) in [6.45, 7) is 6.52. The lowest BCUT2D eigenvalue weighted by Crippen LogP contribution is -2.25. The third kappa shape index (κ3) is 4.42. The number of benzene rings is 2. The Morgan fingerprint density at radius 2 is 1.88 bits per heavy atom. The summed E-state index contributed by atoms with van der Waals surface area (Å²) in [5.74, 6) is 0.467. The highest BCUT2D eigenvalue weighted by atomic mass is 16.5. The van der Waals surface area contributed by atoms with Gasteiger partial charge in [-0.1, -0.05) is 39.0 Å². The third-order valence-corrected chi connectivity index (χ3v) is 4.35. The Kier molecular flexibility index (Phi) is 4.98. The van der Waals surface area contributed by atoms with Gasteiger partial charge in [-0.15, -0.1) is 0 Å². The quantitative estimate of drug-likeness (QED) is 0.877. The molecule has 0 radical (unpaired) electrons. The van der Waals surface area contributed by atoms with Gasteiger partial charge in [0.25, 0.3) is 5.91 Å². The number of anilines is 2. The molecule has 2 amide bonds. The van der Waals surface area contributed by atoms with E-state index in [9.17, 15) is 9.59 Å². The molecule has 136 valence electrons. The number of carbonyl (C=O) groups is 2. The van der Waals surface area contributed by atoms with Crippen LogP contribution in [0.1, 0.15) is 38.3 Å². The minimum atomic E-state index is -0.161. The summed E-state index contributed by atoms with van der Waals surface area (Å²) in [4.78, 5) is 23.6. The molecule has 1 heterocycles. The second kappa shape index (κ2) is 7.20. The molecular formula is C21H24N2O3. The minimum absolute atomic E-state index is 0.0356. The zero-order chi connectivity index (χ0) is 18.7. The second-order valence-electron chi connectivity index (χ2n) is 7.54. The zero-order valence-corrected chi connectivity index (χ0v) is 15.4. The molecule has 2 aromatic rings. The standard InChI is InChI=1S/C21H24N2O3/c1-21(2,3)15-6-8-16(9-7-15)22-19(24)11-5-14-4-10-18-17(12-14)23-20(25)13-26-18/h4,6-10,12H,5,11,13H2,1-3H3,(H,22,24)(H,23,25). The largest absolute Gasteiger partial charge is 0.482 e. The molecule has 2 N–H and O–H groups in total. The summed E-state index contributed by atoms with van der Waals surface area (Å²) in [6.07, 6.45) is 0.962. The molecule has 0 atom stereocenters. The van der Waals surface area contributed by atoms with Gasteiger partial charge in [-0.25, -0.2) is 0 Å². The number of ether oxygens (including phenoxy) is 1. The molecule has 0 unspecified atom stereocenters. The highest BCUT2D eigenvalue weighted by molar-refractivity contribution is 5.95. The Bertz CT molecular complexity index is 820. The van der Waals surface area contributed by atoms with Crippen molar-refractivity contribution in [1.82, 2.24) is 0 Å². The number of hydrogen-bond donors (Lipinski definition) is 2. The first-order valence-corrected chi connectivity index (χ1v) is 8.77. The van der Waals surface area contributed by atoms with Gasteiger partial charge in [0.1, 0.15) is 5.75 Å². The van der Waals surface area contributed by atoms with Crippen molar-refractivity contribution in [3.05, 3.63) is 53.6 Å². The van der Waals surface area contributed by atoms with Crippen LogP contribution in [0, 0.1) is 0 Å². The van der Waals surface area contributed by atoms with Crippen LogP contribution in [-0.2, 0) is 21.4 Å². The minimum Gasteiger partial charge on any atom is -0.482 e. The van der Waals surface area contributed by atoms with Gasteiger partial charge < -0.3 is 15.4 Å². The highest BCUT2D eigenvalue weighted by Gasteiger charge is 2.16. The number of hydrogen-bond acceptors (Lipinski definition) is 3. The lowest BCUT2D eigenvalue weighted by molar-refractivity contribution is -0.118. The van der Waals surface area contributed by atoms with Gasteiger partial charge >= 0.3 is 0 Å². The van der Waals surface area contributed by atoms with E-state index in [1.165, 1.54) is 5.56 Å². The van der Waals surface area contributed by atoms with E-state index in [0.717, 1.165) is 11.3 Å². The van der Waals surface area contributed by atoms with Crippen LogP contribution in [0.15, 0.2) is 42.5 Å². The van der Waals surface area contributed by atoms with Gasteiger partial charge in [-0.3, -0.25) is 9.59 Å². The first kappa shape index (κ1) is 18.0. The number of nitrogens with one attached hydrogen (secondary N) is 2. The summed E-state index contributed by atoms with van der Waals surface area (Å²) in [5, 5.41) is 5.71. The molecule has 0 fully saturated rings. The van der Waals surface area contributed by atoms with Crippen LogP contribution in [-0.4, -0.2) is 18.4 Å². The molecule has 3 rings (SSSR count). The van der Waals surface area contributed by atoms with Crippen molar-refractivity contribution in [2.24, 2.45) is 0 Å². The van der Waals surface area contributed by atoms with Crippen LogP contribution in [0.4, 0.5) is 11.4 Å². The summed E-state index contributed by atoms with van der Waals surface area (Å²) in [6, 6.07) is 13.6. The summed E-state index contributed by atoms with van der Waals surface area (Å²) >= 11 is 0.